The number of oxazole rings is 1. The summed E-state index contributed by atoms with van der Waals surface area (Å²) in [5.41, 5.74) is 0.733. The van der Waals surface area contributed by atoms with Gasteiger partial charge < -0.3 is 14.5 Å². The van der Waals surface area contributed by atoms with Crippen LogP contribution in [0.15, 0.2) is 65.2 Å². The fourth-order valence-corrected chi connectivity index (χ4v) is 3.74. The molecule has 7 nitrogen and oxygen atoms in total. The van der Waals surface area contributed by atoms with Gasteiger partial charge in [-0.1, -0.05) is 42.5 Å². The summed E-state index contributed by atoms with van der Waals surface area (Å²) in [5, 5.41) is 12.1. The monoisotopic (exact) mass is 415 g/mol. The fourth-order valence-electron chi connectivity index (χ4n) is 3.74. The standard InChI is InChI=1S/C24H21N3O4/c25-16-24(12-6-7-13-24)27-21(28)15-30-23(29)19-11-5-4-10-18(19)22-26-14-20(31-22)17-8-2-1-3-9-17/h1-5,8-11,14H,6-7,12-13,15H2,(H,27,28). The van der Waals surface area contributed by atoms with Crippen molar-refractivity contribution in [1.82, 2.24) is 10.3 Å². The summed E-state index contributed by atoms with van der Waals surface area (Å²) >= 11 is 0. The molecule has 2 aromatic carbocycles. The van der Waals surface area contributed by atoms with Gasteiger partial charge >= 0.3 is 5.97 Å². The number of esters is 1. The minimum absolute atomic E-state index is 0.243. The van der Waals surface area contributed by atoms with Crippen LogP contribution in [-0.4, -0.2) is 29.0 Å². The van der Waals surface area contributed by atoms with Crippen LogP contribution in [0.2, 0.25) is 0 Å². The Labute approximate surface area is 179 Å². The highest BCUT2D eigenvalue weighted by atomic mass is 16.5. The first-order valence-electron chi connectivity index (χ1n) is 10.1. The van der Waals surface area contributed by atoms with Gasteiger partial charge in [-0.05, 0) is 37.8 Å². The maximum atomic E-state index is 12.7. The molecule has 3 aromatic rings. The lowest BCUT2D eigenvalue weighted by atomic mass is 10.00. The predicted octanol–water partition coefficient (Wildman–Crippen LogP) is 4.12. The van der Waals surface area contributed by atoms with Gasteiger partial charge in [0.2, 0.25) is 5.89 Å². The van der Waals surface area contributed by atoms with Gasteiger partial charge in [0.05, 0.1) is 23.4 Å². The maximum Gasteiger partial charge on any atom is 0.339 e. The van der Waals surface area contributed by atoms with Gasteiger partial charge in [-0.2, -0.15) is 5.26 Å². The number of hydrogen-bond acceptors (Lipinski definition) is 6. The molecular weight excluding hydrogens is 394 g/mol. The zero-order valence-corrected chi connectivity index (χ0v) is 16.8. The number of nitrogens with one attached hydrogen (secondary N) is 1. The number of carbonyl (C=O) groups is 2. The van der Waals surface area contributed by atoms with E-state index >= 15 is 0 Å². The lowest BCUT2D eigenvalue weighted by molar-refractivity contribution is -0.125. The Morgan fingerprint density at radius 3 is 2.55 bits per heavy atom. The molecule has 0 bridgehead atoms. The normalized spacial score (nSPS) is 14.5. The SMILES string of the molecule is N#CC1(NC(=O)COC(=O)c2ccccc2-c2ncc(-c3ccccc3)o2)CCCC1. The third-order valence-corrected chi connectivity index (χ3v) is 5.33. The van der Waals surface area contributed by atoms with Crippen molar-refractivity contribution in [3.63, 3.8) is 0 Å². The van der Waals surface area contributed by atoms with Crippen LogP contribution < -0.4 is 5.32 Å². The number of benzene rings is 2. The second-order valence-electron chi connectivity index (χ2n) is 7.47. The molecule has 1 saturated carbocycles. The largest absolute Gasteiger partial charge is 0.452 e. The number of rotatable bonds is 6. The van der Waals surface area contributed by atoms with Gasteiger partial charge in [-0.25, -0.2) is 9.78 Å². The minimum Gasteiger partial charge on any atom is -0.452 e. The van der Waals surface area contributed by atoms with E-state index in [1.54, 1.807) is 30.5 Å². The summed E-state index contributed by atoms with van der Waals surface area (Å²) < 4.78 is 11.1. The fraction of sp³-hybridized carbons (Fsp3) is 0.250. The van der Waals surface area contributed by atoms with Crippen LogP contribution in [0.3, 0.4) is 0 Å². The highest BCUT2D eigenvalue weighted by molar-refractivity contribution is 5.97. The van der Waals surface area contributed by atoms with Gasteiger partial charge in [0.1, 0.15) is 5.54 Å². The molecule has 0 aliphatic heterocycles. The van der Waals surface area contributed by atoms with E-state index in [4.69, 9.17) is 9.15 Å². The molecule has 7 heteroatoms. The van der Waals surface area contributed by atoms with Crippen LogP contribution in [0, 0.1) is 11.3 Å². The van der Waals surface area contributed by atoms with Crippen molar-refractivity contribution in [2.45, 2.75) is 31.2 Å². The highest BCUT2D eigenvalue weighted by Crippen LogP contribution is 2.30. The molecule has 4 rings (SSSR count). The van der Waals surface area contributed by atoms with Crippen LogP contribution in [0.25, 0.3) is 22.8 Å². The summed E-state index contributed by atoms with van der Waals surface area (Å²) in [6.07, 6.45) is 4.60. The summed E-state index contributed by atoms with van der Waals surface area (Å²) in [5.74, 6) is -0.291. The van der Waals surface area contributed by atoms with Crippen LogP contribution in [-0.2, 0) is 9.53 Å². The number of hydrogen-bond donors (Lipinski definition) is 1. The molecule has 1 amide bonds. The molecule has 1 fully saturated rings. The first-order valence-corrected chi connectivity index (χ1v) is 10.1. The second kappa shape index (κ2) is 8.84. The number of nitriles is 1. The van der Waals surface area contributed by atoms with E-state index in [0.717, 1.165) is 18.4 Å². The lowest BCUT2D eigenvalue weighted by Crippen LogP contribution is -2.46. The predicted molar refractivity (Wildman–Crippen MR) is 113 cm³/mol. The molecular formula is C24H21N3O4. The molecule has 1 aromatic heterocycles. The van der Waals surface area contributed by atoms with Gasteiger partial charge in [0.25, 0.3) is 5.91 Å². The number of carbonyl (C=O) groups excluding carboxylic acids is 2. The Bertz CT molecular complexity index is 1120. The van der Waals surface area contributed by atoms with Crippen LogP contribution in [0.5, 0.6) is 0 Å². The van der Waals surface area contributed by atoms with Crippen molar-refractivity contribution in [2.75, 3.05) is 6.61 Å². The Morgan fingerprint density at radius 1 is 1.10 bits per heavy atom. The minimum atomic E-state index is -0.854. The topological polar surface area (TPSA) is 105 Å². The first kappa shape index (κ1) is 20.4. The van der Waals surface area contributed by atoms with E-state index in [9.17, 15) is 14.9 Å². The molecule has 0 atom stereocenters. The third-order valence-electron chi connectivity index (χ3n) is 5.33. The van der Waals surface area contributed by atoms with Crippen molar-refractivity contribution in [1.29, 1.82) is 5.26 Å². The van der Waals surface area contributed by atoms with Crippen LogP contribution >= 0.6 is 0 Å². The average Bonchev–Trinajstić information content (AvgIpc) is 3.49. The third kappa shape index (κ3) is 4.48. The van der Waals surface area contributed by atoms with E-state index in [1.165, 1.54) is 0 Å². The van der Waals surface area contributed by atoms with E-state index in [1.807, 2.05) is 30.3 Å². The zero-order valence-electron chi connectivity index (χ0n) is 16.8. The van der Waals surface area contributed by atoms with E-state index in [2.05, 4.69) is 16.4 Å². The number of nitrogens with zero attached hydrogens (tertiary/aromatic N) is 2. The number of ether oxygens (including phenoxy) is 1. The molecule has 0 saturated heterocycles. The molecule has 31 heavy (non-hydrogen) atoms. The highest BCUT2D eigenvalue weighted by Gasteiger charge is 2.35. The van der Waals surface area contributed by atoms with Gasteiger partial charge in [-0.15, -0.1) is 0 Å². The quantitative estimate of drug-likeness (QED) is 0.607. The summed E-state index contributed by atoms with van der Waals surface area (Å²) in [6.45, 7) is -0.461. The van der Waals surface area contributed by atoms with Crippen LogP contribution in [0.4, 0.5) is 0 Å². The van der Waals surface area contributed by atoms with Gasteiger partial charge in [-0.3, -0.25) is 4.79 Å². The molecule has 0 spiro atoms. The summed E-state index contributed by atoms with van der Waals surface area (Å²) in [6, 6.07) is 18.5. The molecule has 0 unspecified atom stereocenters. The first-order chi connectivity index (χ1) is 15.1. The summed E-state index contributed by atoms with van der Waals surface area (Å²) in [7, 11) is 0. The Hall–Kier alpha value is -3.92. The number of aromatic nitrogens is 1. The molecule has 156 valence electrons. The van der Waals surface area contributed by atoms with E-state index in [0.29, 0.717) is 24.2 Å². The zero-order chi connectivity index (χ0) is 21.7. The second-order valence-corrected chi connectivity index (χ2v) is 7.47. The Kier molecular flexibility index (Phi) is 5.80. The van der Waals surface area contributed by atoms with Crippen molar-refractivity contribution in [2.24, 2.45) is 0 Å². The molecule has 1 N–H and O–H groups in total. The number of amides is 1. The van der Waals surface area contributed by atoms with Crippen molar-refractivity contribution in [3.8, 4) is 28.8 Å². The lowest BCUT2D eigenvalue weighted by Gasteiger charge is -2.21. The maximum absolute atomic E-state index is 12.7. The van der Waals surface area contributed by atoms with Crippen molar-refractivity contribution in [3.05, 3.63) is 66.4 Å². The molecule has 1 heterocycles. The van der Waals surface area contributed by atoms with Crippen molar-refractivity contribution >= 4 is 11.9 Å². The average molecular weight is 415 g/mol. The van der Waals surface area contributed by atoms with E-state index in [-0.39, 0.29) is 11.5 Å². The molecule has 0 radical (unpaired) electrons. The Balaban J connectivity index is 1.46. The Morgan fingerprint density at radius 2 is 1.81 bits per heavy atom. The molecule has 1 aliphatic carbocycles. The van der Waals surface area contributed by atoms with Crippen LogP contribution in [0.1, 0.15) is 36.0 Å². The van der Waals surface area contributed by atoms with Gasteiger partial charge in [0.15, 0.2) is 12.4 Å². The smallest absolute Gasteiger partial charge is 0.339 e. The summed E-state index contributed by atoms with van der Waals surface area (Å²) in [4.78, 5) is 29.2. The van der Waals surface area contributed by atoms with E-state index < -0.39 is 24.0 Å². The van der Waals surface area contributed by atoms with Crippen molar-refractivity contribution < 1.29 is 18.7 Å². The molecule has 1 aliphatic rings. The van der Waals surface area contributed by atoms with Gasteiger partial charge in [0, 0.05) is 5.56 Å².